The van der Waals surface area contributed by atoms with Crippen molar-refractivity contribution in [2.45, 2.75) is 77.0 Å². The number of carbonyl (C=O) groups excluding carboxylic acids is 2. The Morgan fingerprint density at radius 1 is 0.969 bits per heavy atom. The van der Waals surface area contributed by atoms with Crippen LogP contribution in [0.2, 0.25) is 5.02 Å². The maximum absolute atomic E-state index is 13.0. The van der Waals surface area contributed by atoms with Gasteiger partial charge in [0.25, 0.3) is 0 Å². The number of hydrogen-bond acceptors (Lipinski definition) is 5. The first-order valence-electron chi connectivity index (χ1n) is 11.8. The van der Waals surface area contributed by atoms with Crippen LogP contribution in [-0.2, 0) is 14.3 Å². The molecule has 0 aromatic heterocycles. The molecule has 1 aromatic carbocycles. The SMILES string of the molecule is CCCCCCOc1c(Cl)cc(C2C3=C(CCCC3=O)OC3=C2C(=O)CCC3)cc1OC. The largest absolute Gasteiger partial charge is 0.493 e. The molecule has 1 heterocycles. The Morgan fingerprint density at radius 2 is 1.62 bits per heavy atom. The fourth-order valence-corrected chi connectivity index (χ4v) is 5.17. The standard InChI is InChI=1S/C26H31ClO5/c1-3-4-5-6-13-31-26-17(27)14-16(15-22(26)30-2)23-24-18(28)9-7-11-20(24)32-21-12-8-10-19(29)25(21)23/h14-15,23H,3-13H2,1-2H3. The maximum Gasteiger partial charge on any atom is 0.179 e. The van der Waals surface area contributed by atoms with E-state index in [1.54, 1.807) is 7.11 Å². The number of ketones is 2. The van der Waals surface area contributed by atoms with E-state index in [0.29, 0.717) is 71.5 Å². The minimum atomic E-state index is -0.459. The van der Waals surface area contributed by atoms with Crippen LogP contribution < -0.4 is 9.47 Å². The Balaban J connectivity index is 1.72. The number of carbonyl (C=O) groups is 2. The summed E-state index contributed by atoms with van der Waals surface area (Å²) in [6, 6.07) is 3.68. The molecule has 1 aliphatic heterocycles. The molecule has 3 aliphatic rings. The van der Waals surface area contributed by atoms with Crippen LogP contribution in [0.5, 0.6) is 11.5 Å². The molecule has 32 heavy (non-hydrogen) atoms. The van der Waals surface area contributed by atoms with Gasteiger partial charge in [-0.05, 0) is 37.0 Å². The molecule has 6 heteroatoms. The summed E-state index contributed by atoms with van der Waals surface area (Å²) in [7, 11) is 1.58. The molecular formula is C26H31ClO5. The second kappa shape index (κ2) is 10.1. The normalized spacial score (nSPS) is 19.0. The molecule has 1 aromatic rings. The summed E-state index contributed by atoms with van der Waals surface area (Å²) in [5, 5.41) is 0.428. The molecular weight excluding hydrogens is 428 g/mol. The number of halogens is 1. The molecule has 0 saturated carbocycles. The first kappa shape index (κ1) is 22.9. The third kappa shape index (κ3) is 4.45. The summed E-state index contributed by atoms with van der Waals surface area (Å²) in [5.41, 5.74) is 1.99. The minimum Gasteiger partial charge on any atom is -0.493 e. The van der Waals surface area contributed by atoms with Crippen LogP contribution in [0.15, 0.2) is 34.8 Å². The molecule has 2 aliphatic carbocycles. The van der Waals surface area contributed by atoms with E-state index in [-0.39, 0.29) is 11.6 Å². The van der Waals surface area contributed by atoms with Crippen molar-refractivity contribution in [1.82, 2.24) is 0 Å². The van der Waals surface area contributed by atoms with Gasteiger partial charge in [0.2, 0.25) is 0 Å². The first-order chi connectivity index (χ1) is 15.5. The number of hydrogen-bond donors (Lipinski definition) is 0. The number of benzene rings is 1. The number of methoxy groups -OCH3 is 1. The molecule has 0 atom stereocenters. The highest BCUT2D eigenvalue weighted by atomic mass is 35.5. The van der Waals surface area contributed by atoms with Gasteiger partial charge in [-0.25, -0.2) is 0 Å². The molecule has 4 rings (SSSR count). The number of allylic oxidation sites excluding steroid dienone is 4. The highest BCUT2D eigenvalue weighted by Crippen LogP contribution is 2.50. The molecule has 0 spiro atoms. The van der Waals surface area contributed by atoms with Crippen molar-refractivity contribution in [3.63, 3.8) is 0 Å². The van der Waals surface area contributed by atoms with Crippen molar-refractivity contribution >= 4 is 23.2 Å². The van der Waals surface area contributed by atoms with E-state index < -0.39 is 5.92 Å². The first-order valence-corrected chi connectivity index (χ1v) is 12.1. The van der Waals surface area contributed by atoms with Crippen LogP contribution in [0.4, 0.5) is 0 Å². The summed E-state index contributed by atoms with van der Waals surface area (Å²) in [4.78, 5) is 25.9. The zero-order chi connectivity index (χ0) is 22.7. The average Bonchev–Trinajstić information content (AvgIpc) is 2.78. The van der Waals surface area contributed by atoms with E-state index in [9.17, 15) is 9.59 Å². The Kier molecular flexibility index (Phi) is 7.24. The predicted molar refractivity (Wildman–Crippen MR) is 123 cm³/mol. The van der Waals surface area contributed by atoms with Crippen molar-refractivity contribution in [2.24, 2.45) is 0 Å². The van der Waals surface area contributed by atoms with E-state index >= 15 is 0 Å². The summed E-state index contributed by atoms with van der Waals surface area (Å²) < 4.78 is 17.7. The molecule has 0 radical (unpaired) electrons. The molecule has 0 unspecified atom stereocenters. The van der Waals surface area contributed by atoms with Gasteiger partial charge >= 0.3 is 0 Å². The highest BCUT2D eigenvalue weighted by Gasteiger charge is 2.42. The van der Waals surface area contributed by atoms with Gasteiger partial charge in [-0.1, -0.05) is 37.8 Å². The number of ether oxygens (including phenoxy) is 3. The lowest BCUT2D eigenvalue weighted by Gasteiger charge is -2.36. The predicted octanol–water partition coefficient (Wildman–Crippen LogP) is 6.44. The second-order valence-corrected chi connectivity index (χ2v) is 9.11. The summed E-state index contributed by atoms with van der Waals surface area (Å²) in [5.74, 6) is 2.09. The second-order valence-electron chi connectivity index (χ2n) is 8.71. The van der Waals surface area contributed by atoms with E-state index in [2.05, 4.69) is 6.92 Å². The number of Topliss-reactive ketones (excluding diaryl/α,β-unsaturated/α-hetero) is 2. The van der Waals surface area contributed by atoms with Crippen molar-refractivity contribution < 1.29 is 23.8 Å². The van der Waals surface area contributed by atoms with Crippen LogP contribution in [0.25, 0.3) is 0 Å². The van der Waals surface area contributed by atoms with E-state index in [1.165, 1.54) is 6.42 Å². The summed E-state index contributed by atoms with van der Waals surface area (Å²) in [6.07, 6.45) is 8.31. The Hall–Kier alpha value is -2.27. The van der Waals surface area contributed by atoms with Gasteiger partial charge in [-0.3, -0.25) is 9.59 Å². The van der Waals surface area contributed by atoms with Gasteiger partial charge in [0, 0.05) is 42.7 Å². The van der Waals surface area contributed by atoms with Crippen molar-refractivity contribution in [3.8, 4) is 11.5 Å². The molecule has 0 bridgehead atoms. The summed E-state index contributed by atoms with van der Waals surface area (Å²) in [6.45, 7) is 2.74. The minimum absolute atomic E-state index is 0.0486. The quantitative estimate of drug-likeness (QED) is 0.419. The molecule has 0 N–H and O–H groups in total. The van der Waals surface area contributed by atoms with Crippen molar-refractivity contribution in [2.75, 3.05) is 13.7 Å². The highest BCUT2D eigenvalue weighted by molar-refractivity contribution is 6.32. The molecule has 5 nitrogen and oxygen atoms in total. The summed E-state index contributed by atoms with van der Waals surface area (Å²) >= 11 is 6.66. The van der Waals surface area contributed by atoms with Gasteiger partial charge in [0.05, 0.1) is 18.7 Å². The average molecular weight is 459 g/mol. The monoisotopic (exact) mass is 458 g/mol. The van der Waals surface area contributed by atoms with E-state index in [1.807, 2.05) is 12.1 Å². The van der Waals surface area contributed by atoms with Gasteiger partial charge < -0.3 is 14.2 Å². The van der Waals surface area contributed by atoms with Crippen molar-refractivity contribution in [3.05, 3.63) is 45.4 Å². The Morgan fingerprint density at radius 3 is 2.22 bits per heavy atom. The van der Waals surface area contributed by atoms with Crippen LogP contribution in [0.1, 0.15) is 82.6 Å². The zero-order valence-corrected chi connectivity index (χ0v) is 19.7. The van der Waals surface area contributed by atoms with Gasteiger partial charge in [-0.15, -0.1) is 0 Å². The van der Waals surface area contributed by atoms with E-state index in [4.69, 9.17) is 25.8 Å². The van der Waals surface area contributed by atoms with Crippen LogP contribution in [-0.4, -0.2) is 25.3 Å². The zero-order valence-electron chi connectivity index (χ0n) is 18.9. The topological polar surface area (TPSA) is 61.8 Å². The number of unbranched alkanes of at least 4 members (excludes halogenated alkanes) is 3. The van der Waals surface area contributed by atoms with Gasteiger partial charge in [0.1, 0.15) is 11.5 Å². The lowest BCUT2D eigenvalue weighted by molar-refractivity contribution is -0.117. The third-order valence-corrected chi connectivity index (χ3v) is 6.75. The molecule has 0 saturated heterocycles. The third-order valence-electron chi connectivity index (χ3n) is 6.47. The Labute approximate surface area is 194 Å². The smallest absolute Gasteiger partial charge is 0.179 e. The van der Waals surface area contributed by atoms with Crippen molar-refractivity contribution in [1.29, 1.82) is 0 Å². The molecule has 0 fully saturated rings. The van der Waals surface area contributed by atoms with Gasteiger partial charge in [-0.2, -0.15) is 0 Å². The van der Waals surface area contributed by atoms with Gasteiger partial charge in [0.15, 0.2) is 23.1 Å². The van der Waals surface area contributed by atoms with Crippen LogP contribution in [0, 0.1) is 0 Å². The fraction of sp³-hybridized carbons (Fsp3) is 0.538. The maximum atomic E-state index is 13.0. The molecule has 0 amide bonds. The molecule has 172 valence electrons. The van der Waals surface area contributed by atoms with E-state index in [0.717, 1.165) is 37.7 Å². The fourth-order valence-electron chi connectivity index (χ4n) is 4.90. The van der Waals surface area contributed by atoms with Crippen LogP contribution in [0.3, 0.4) is 0 Å². The lowest BCUT2D eigenvalue weighted by atomic mass is 9.73. The van der Waals surface area contributed by atoms with Crippen LogP contribution >= 0.6 is 11.6 Å². The number of rotatable bonds is 8. The Bertz CT molecular complexity index is 933. The lowest BCUT2D eigenvalue weighted by Crippen LogP contribution is -2.30.